The third kappa shape index (κ3) is 2.33. The molecule has 0 bridgehead atoms. The molecule has 0 spiro atoms. The van der Waals surface area contributed by atoms with Crippen LogP contribution in [0.1, 0.15) is 38.0 Å². The Bertz CT molecular complexity index is 562. The molecule has 2 aromatic heterocycles. The molecule has 1 amide bonds. The van der Waals surface area contributed by atoms with Gasteiger partial charge in [-0.1, -0.05) is 0 Å². The van der Waals surface area contributed by atoms with Gasteiger partial charge in [0.1, 0.15) is 0 Å². The van der Waals surface area contributed by atoms with E-state index < -0.39 is 0 Å². The molecule has 0 unspecified atom stereocenters. The van der Waals surface area contributed by atoms with E-state index in [0.717, 1.165) is 27.7 Å². The summed E-state index contributed by atoms with van der Waals surface area (Å²) in [5, 5.41) is 3.66. The van der Waals surface area contributed by atoms with Gasteiger partial charge in [0, 0.05) is 9.75 Å². The number of carbonyl (C=O) groups excluding carboxylic acids is 1. The lowest BCUT2D eigenvalue weighted by Crippen LogP contribution is -2.09. The Morgan fingerprint density at radius 3 is 2.83 bits per heavy atom. The van der Waals surface area contributed by atoms with Crippen molar-refractivity contribution >= 4 is 33.7 Å². The molecule has 0 saturated carbocycles. The fourth-order valence-corrected chi connectivity index (χ4v) is 3.93. The van der Waals surface area contributed by atoms with Crippen molar-refractivity contribution in [1.29, 1.82) is 0 Å². The third-order valence-electron chi connectivity index (χ3n) is 3.03. The number of hydrogen-bond acceptors (Lipinski definition) is 4. The normalized spacial score (nSPS) is 14.3. The van der Waals surface area contributed by atoms with Crippen LogP contribution >= 0.6 is 22.7 Å². The quantitative estimate of drug-likeness (QED) is 0.911. The van der Waals surface area contributed by atoms with Crippen molar-refractivity contribution in [1.82, 2.24) is 4.98 Å². The summed E-state index contributed by atoms with van der Waals surface area (Å²) >= 11 is 3.14. The number of anilines is 1. The molecule has 0 saturated heterocycles. The average molecular weight is 278 g/mol. The van der Waals surface area contributed by atoms with Crippen LogP contribution in [-0.4, -0.2) is 10.9 Å². The number of nitrogens with zero attached hydrogens (tertiary/aromatic N) is 1. The second-order valence-corrected chi connectivity index (χ2v) is 6.83. The summed E-state index contributed by atoms with van der Waals surface area (Å²) in [6.45, 7) is 2.00. The Kier molecular flexibility index (Phi) is 3.18. The lowest BCUT2D eigenvalue weighted by Gasteiger charge is -2.06. The van der Waals surface area contributed by atoms with Gasteiger partial charge in [0.05, 0.1) is 10.6 Å². The minimum absolute atomic E-state index is 0.0424. The molecule has 2 aromatic rings. The number of thiophene rings is 1. The maximum atomic E-state index is 12.0. The lowest BCUT2D eigenvalue weighted by atomic mass is 10.0. The third-order valence-corrected chi connectivity index (χ3v) is 5.10. The van der Waals surface area contributed by atoms with Gasteiger partial charge in [-0.25, -0.2) is 4.98 Å². The minimum Gasteiger partial charge on any atom is -0.297 e. The van der Waals surface area contributed by atoms with E-state index in [1.807, 2.05) is 19.1 Å². The number of aromatic nitrogens is 1. The largest absolute Gasteiger partial charge is 0.297 e. The summed E-state index contributed by atoms with van der Waals surface area (Å²) in [6, 6.07) is 3.83. The summed E-state index contributed by atoms with van der Waals surface area (Å²) in [5.41, 5.74) is 1.18. The van der Waals surface area contributed by atoms with Gasteiger partial charge in [0.25, 0.3) is 5.91 Å². The molecule has 18 heavy (non-hydrogen) atoms. The Labute approximate surface area is 114 Å². The zero-order valence-corrected chi connectivity index (χ0v) is 11.8. The zero-order chi connectivity index (χ0) is 12.5. The average Bonchev–Trinajstić information content (AvgIpc) is 2.94. The number of rotatable bonds is 2. The van der Waals surface area contributed by atoms with Gasteiger partial charge < -0.3 is 0 Å². The summed E-state index contributed by atoms with van der Waals surface area (Å²) in [4.78, 5) is 19.8. The van der Waals surface area contributed by atoms with E-state index in [0.29, 0.717) is 0 Å². The van der Waals surface area contributed by atoms with E-state index in [1.165, 1.54) is 34.7 Å². The van der Waals surface area contributed by atoms with Crippen molar-refractivity contribution in [2.75, 3.05) is 5.32 Å². The molecule has 0 atom stereocenters. The van der Waals surface area contributed by atoms with E-state index in [2.05, 4.69) is 10.3 Å². The molecule has 0 aromatic carbocycles. The van der Waals surface area contributed by atoms with E-state index in [1.54, 1.807) is 11.3 Å². The minimum atomic E-state index is -0.0424. The lowest BCUT2D eigenvalue weighted by molar-refractivity contribution is 0.103. The molecule has 1 aliphatic carbocycles. The molecule has 1 N–H and O–H groups in total. The number of thiazole rings is 1. The highest BCUT2D eigenvalue weighted by atomic mass is 32.1. The fourth-order valence-electron chi connectivity index (χ4n) is 2.12. The van der Waals surface area contributed by atoms with Crippen LogP contribution in [0.15, 0.2) is 12.1 Å². The molecule has 0 aliphatic heterocycles. The first kappa shape index (κ1) is 11.9. The second-order valence-electron chi connectivity index (χ2n) is 4.46. The SMILES string of the molecule is Cc1ccc(C(=O)Nc2nc3c(s2)CCCC3)s1. The highest BCUT2D eigenvalue weighted by molar-refractivity contribution is 7.16. The van der Waals surface area contributed by atoms with Crippen LogP contribution in [0.4, 0.5) is 5.13 Å². The van der Waals surface area contributed by atoms with Gasteiger partial charge in [-0.3, -0.25) is 10.1 Å². The number of carbonyl (C=O) groups is 1. The van der Waals surface area contributed by atoms with Crippen LogP contribution in [0.5, 0.6) is 0 Å². The van der Waals surface area contributed by atoms with Gasteiger partial charge in [0.15, 0.2) is 5.13 Å². The van der Waals surface area contributed by atoms with Gasteiger partial charge in [0.2, 0.25) is 0 Å². The molecular formula is C13H14N2OS2. The van der Waals surface area contributed by atoms with Gasteiger partial charge in [-0.05, 0) is 44.7 Å². The molecule has 1 aliphatic rings. The van der Waals surface area contributed by atoms with E-state index >= 15 is 0 Å². The van der Waals surface area contributed by atoms with Crippen molar-refractivity contribution < 1.29 is 4.79 Å². The number of fused-ring (bicyclic) bond motifs is 1. The highest BCUT2D eigenvalue weighted by Gasteiger charge is 2.17. The van der Waals surface area contributed by atoms with Crippen molar-refractivity contribution in [2.24, 2.45) is 0 Å². The Hall–Kier alpha value is -1.20. The second kappa shape index (κ2) is 4.82. The smallest absolute Gasteiger partial charge is 0.267 e. The van der Waals surface area contributed by atoms with Crippen LogP contribution in [0.2, 0.25) is 0 Å². The number of aryl methyl sites for hydroxylation is 3. The van der Waals surface area contributed by atoms with E-state index in [4.69, 9.17) is 0 Å². The predicted molar refractivity (Wildman–Crippen MR) is 75.8 cm³/mol. The molecular weight excluding hydrogens is 264 g/mol. The highest BCUT2D eigenvalue weighted by Crippen LogP contribution is 2.30. The maximum absolute atomic E-state index is 12.0. The Morgan fingerprint density at radius 1 is 1.28 bits per heavy atom. The first-order valence-electron chi connectivity index (χ1n) is 6.09. The number of nitrogens with one attached hydrogen (secondary N) is 1. The maximum Gasteiger partial charge on any atom is 0.267 e. The van der Waals surface area contributed by atoms with Crippen LogP contribution in [0.3, 0.4) is 0 Å². The Balaban J connectivity index is 1.76. The van der Waals surface area contributed by atoms with Gasteiger partial charge in [-0.15, -0.1) is 22.7 Å². The molecule has 3 nitrogen and oxygen atoms in total. The molecule has 3 rings (SSSR count). The topological polar surface area (TPSA) is 42.0 Å². The van der Waals surface area contributed by atoms with Crippen LogP contribution in [-0.2, 0) is 12.8 Å². The fraction of sp³-hybridized carbons (Fsp3) is 0.385. The predicted octanol–water partition coefficient (Wildman–Crippen LogP) is 3.64. The standard InChI is InChI=1S/C13H14N2OS2/c1-8-6-7-11(17-8)12(16)15-13-14-9-4-2-3-5-10(9)18-13/h6-7H,2-5H2,1H3,(H,14,15,16). The monoisotopic (exact) mass is 278 g/mol. The molecule has 2 heterocycles. The number of hydrogen-bond donors (Lipinski definition) is 1. The molecule has 94 valence electrons. The van der Waals surface area contributed by atoms with Crippen LogP contribution in [0.25, 0.3) is 0 Å². The van der Waals surface area contributed by atoms with Crippen LogP contribution < -0.4 is 5.32 Å². The van der Waals surface area contributed by atoms with E-state index in [9.17, 15) is 4.79 Å². The first-order valence-corrected chi connectivity index (χ1v) is 7.72. The van der Waals surface area contributed by atoms with Crippen LogP contribution in [0, 0.1) is 6.92 Å². The molecule has 0 radical (unpaired) electrons. The first-order chi connectivity index (χ1) is 8.72. The van der Waals surface area contributed by atoms with Crippen molar-refractivity contribution in [3.8, 4) is 0 Å². The van der Waals surface area contributed by atoms with Crippen molar-refractivity contribution in [2.45, 2.75) is 32.6 Å². The van der Waals surface area contributed by atoms with Gasteiger partial charge >= 0.3 is 0 Å². The van der Waals surface area contributed by atoms with E-state index in [-0.39, 0.29) is 5.91 Å². The Morgan fingerprint density at radius 2 is 2.11 bits per heavy atom. The summed E-state index contributed by atoms with van der Waals surface area (Å²) < 4.78 is 0. The number of amides is 1. The summed E-state index contributed by atoms with van der Waals surface area (Å²) in [7, 11) is 0. The summed E-state index contributed by atoms with van der Waals surface area (Å²) in [6.07, 6.45) is 4.63. The summed E-state index contributed by atoms with van der Waals surface area (Å²) in [5.74, 6) is -0.0424. The van der Waals surface area contributed by atoms with Gasteiger partial charge in [-0.2, -0.15) is 0 Å². The van der Waals surface area contributed by atoms with Crippen molar-refractivity contribution in [3.63, 3.8) is 0 Å². The molecule has 0 fully saturated rings. The van der Waals surface area contributed by atoms with Crippen molar-refractivity contribution in [3.05, 3.63) is 32.5 Å². The molecule has 5 heteroatoms. The zero-order valence-electron chi connectivity index (χ0n) is 10.2.